The van der Waals surface area contributed by atoms with E-state index >= 15 is 0 Å². The number of carbonyl (C=O) groups excluding carboxylic acids is 2. The van der Waals surface area contributed by atoms with Crippen LogP contribution in [-0.2, 0) is 19.4 Å². The first-order chi connectivity index (χ1) is 11.0. The molecule has 0 aromatic rings. The van der Waals surface area contributed by atoms with Crippen molar-refractivity contribution < 1.29 is 18.0 Å². The van der Waals surface area contributed by atoms with Crippen molar-refractivity contribution in [3.8, 4) is 0 Å². The number of nitrogens with one attached hydrogen (secondary N) is 1. The molecule has 1 saturated carbocycles. The van der Waals surface area contributed by atoms with Gasteiger partial charge in [0, 0.05) is 17.6 Å². The Morgan fingerprint density at radius 2 is 1.71 bits per heavy atom. The van der Waals surface area contributed by atoms with E-state index in [0.717, 1.165) is 12.8 Å². The van der Waals surface area contributed by atoms with Gasteiger partial charge < -0.3 is 10.2 Å². The Kier molecular flexibility index (Phi) is 5.59. The van der Waals surface area contributed by atoms with Crippen molar-refractivity contribution in [2.24, 2.45) is 0 Å². The van der Waals surface area contributed by atoms with Gasteiger partial charge >= 0.3 is 0 Å². The van der Waals surface area contributed by atoms with Gasteiger partial charge in [0.25, 0.3) is 0 Å². The molecule has 2 amide bonds. The Morgan fingerprint density at radius 3 is 2.17 bits per heavy atom. The first-order valence-corrected chi connectivity index (χ1v) is 10.3. The van der Waals surface area contributed by atoms with Gasteiger partial charge in [-0.05, 0) is 47.1 Å². The maximum Gasteiger partial charge on any atom is 0.237 e. The van der Waals surface area contributed by atoms with Crippen LogP contribution >= 0.6 is 0 Å². The Hall–Kier alpha value is -1.15. The molecule has 1 atom stereocenters. The van der Waals surface area contributed by atoms with Gasteiger partial charge in [0.2, 0.25) is 11.8 Å². The summed E-state index contributed by atoms with van der Waals surface area (Å²) in [6, 6.07) is -0.0283. The number of amides is 2. The lowest BCUT2D eigenvalue weighted by Gasteiger charge is -2.30. The SMILES string of the molecule is CN(CC(=O)NC(C)(C)C)CC(=O)N(C1CC1)C1CCS(=O)(=O)C1. The van der Waals surface area contributed by atoms with Crippen molar-refractivity contribution in [1.82, 2.24) is 15.1 Å². The average Bonchev–Trinajstić information content (AvgIpc) is 3.11. The minimum atomic E-state index is -3.02. The van der Waals surface area contributed by atoms with Crippen molar-refractivity contribution >= 4 is 21.7 Å². The standard InChI is InChI=1S/C16H29N3O4S/c1-16(2,3)17-14(20)9-18(4)10-15(21)19(12-5-6-12)13-7-8-24(22,23)11-13/h12-13H,5-11H2,1-4H3,(H,17,20). The van der Waals surface area contributed by atoms with E-state index in [0.29, 0.717) is 6.42 Å². The molecule has 1 saturated heterocycles. The highest BCUT2D eigenvalue weighted by molar-refractivity contribution is 7.91. The van der Waals surface area contributed by atoms with Gasteiger partial charge in [-0.25, -0.2) is 8.42 Å². The second-order valence-corrected chi connectivity index (χ2v) is 10.3. The first-order valence-electron chi connectivity index (χ1n) is 8.48. The monoisotopic (exact) mass is 359 g/mol. The molecule has 2 aliphatic rings. The fourth-order valence-electron chi connectivity index (χ4n) is 3.12. The molecular weight excluding hydrogens is 330 g/mol. The largest absolute Gasteiger partial charge is 0.350 e. The lowest BCUT2D eigenvalue weighted by Crippen LogP contribution is -2.49. The number of hydrogen-bond acceptors (Lipinski definition) is 5. The van der Waals surface area contributed by atoms with Crippen LogP contribution < -0.4 is 5.32 Å². The molecule has 0 aromatic heterocycles. The van der Waals surface area contributed by atoms with Crippen molar-refractivity contribution in [2.75, 3.05) is 31.6 Å². The highest BCUT2D eigenvalue weighted by atomic mass is 32.2. The molecule has 138 valence electrons. The van der Waals surface area contributed by atoms with Crippen molar-refractivity contribution in [3.63, 3.8) is 0 Å². The normalized spacial score (nSPS) is 23.3. The zero-order valence-corrected chi connectivity index (χ0v) is 15.9. The molecule has 0 spiro atoms. The Bertz CT molecular complexity index is 593. The van der Waals surface area contributed by atoms with Crippen molar-refractivity contribution in [2.45, 2.75) is 57.7 Å². The van der Waals surface area contributed by atoms with Gasteiger partial charge in [-0.15, -0.1) is 0 Å². The number of carbonyl (C=O) groups is 2. The first kappa shape index (κ1) is 19.2. The molecule has 0 aromatic carbocycles. The van der Waals surface area contributed by atoms with Crippen LogP contribution in [0.15, 0.2) is 0 Å². The molecule has 2 fully saturated rings. The summed E-state index contributed by atoms with van der Waals surface area (Å²) in [6.07, 6.45) is 2.41. The molecule has 2 rings (SSSR count). The van der Waals surface area contributed by atoms with Gasteiger partial charge in [-0.3, -0.25) is 14.5 Å². The number of nitrogens with zero attached hydrogens (tertiary/aromatic N) is 2. The number of rotatable bonds is 6. The van der Waals surface area contributed by atoms with E-state index in [1.807, 2.05) is 20.8 Å². The van der Waals surface area contributed by atoms with Gasteiger partial charge in [0.05, 0.1) is 24.6 Å². The molecule has 1 aliphatic carbocycles. The van der Waals surface area contributed by atoms with Crippen LogP contribution in [-0.4, -0.2) is 79.3 Å². The van der Waals surface area contributed by atoms with Gasteiger partial charge in [-0.2, -0.15) is 0 Å². The van der Waals surface area contributed by atoms with Gasteiger partial charge in [-0.1, -0.05) is 0 Å². The highest BCUT2D eigenvalue weighted by Gasteiger charge is 2.42. The van der Waals surface area contributed by atoms with Crippen LogP contribution in [0, 0.1) is 0 Å². The van der Waals surface area contributed by atoms with Crippen LogP contribution in [0.4, 0.5) is 0 Å². The predicted octanol–water partition coefficient (Wildman–Crippen LogP) is 0.0110. The predicted molar refractivity (Wildman–Crippen MR) is 92.3 cm³/mol. The van der Waals surface area contributed by atoms with Crippen molar-refractivity contribution in [1.29, 1.82) is 0 Å². The van der Waals surface area contributed by atoms with E-state index in [1.165, 1.54) is 0 Å². The summed E-state index contributed by atoms with van der Waals surface area (Å²) in [5.74, 6) is 0.0337. The van der Waals surface area contributed by atoms with Crippen LogP contribution in [0.3, 0.4) is 0 Å². The van der Waals surface area contributed by atoms with Crippen LogP contribution in [0.2, 0.25) is 0 Å². The average molecular weight is 359 g/mol. The van der Waals surface area contributed by atoms with E-state index < -0.39 is 9.84 Å². The maximum absolute atomic E-state index is 12.7. The summed E-state index contributed by atoms with van der Waals surface area (Å²) in [5, 5.41) is 2.87. The quantitative estimate of drug-likeness (QED) is 0.722. The molecule has 7 nitrogen and oxygen atoms in total. The van der Waals surface area contributed by atoms with Crippen molar-refractivity contribution in [3.05, 3.63) is 0 Å². The fourth-order valence-corrected chi connectivity index (χ4v) is 4.84. The highest BCUT2D eigenvalue weighted by Crippen LogP contribution is 2.32. The van der Waals surface area contributed by atoms with E-state index in [-0.39, 0.29) is 54.0 Å². The zero-order chi connectivity index (χ0) is 18.1. The molecule has 1 unspecified atom stereocenters. The summed E-state index contributed by atoms with van der Waals surface area (Å²) in [6.45, 7) is 6.00. The van der Waals surface area contributed by atoms with Crippen LogP contribution in [0.1, 0.15) is 40.0 Å². The molecule has 0 bridgehead atoms. The molecular formula is C16H29N3O4S. The van der Waals surface area contributed by atoms with E-state index in [4.69, 9.17) is 0 Å². The van der Waals surface area contributed by atoms with E-state index in [9.17, 15) is 18.0 Å². The van der Waals surface area contributed by atoms with Crippen LogP contribution in [0.25, 0.3) is 0 Å². The molecule has 0 radical (unpaired) electrons. The number of hydrogen-bond donors (Lipinski definition) is 1. The maximum atomic E-state index is 12.7. The molecule has 24 heavy (non-hydrogen) atoms. The lowest BCUT2D eigenvalue weighted by molar-refractivity contribution is -0.135. The van der Waals surface area contributed by atoms with Gasteiger partial charge in [0.15, 0.2) is 9.84 Å². The second kappa shape index (κ2) is 7.00. The summed E-state index contributed by atoms with van der Waals surface area (Å²) < 4.78 is 23.4. The van der Waals surface area contributed by atoms with Crippen LogP contribution in [0.5, 0.6) is 0 Å². The molecule has 8 heteroatoms. The fraction of sp³-hybridized carbons (Fsp3) is 0.875. The third-order valence-electron chi connectivity index (χ3n) is 4.16. The smallest absolute Gasteiger partial charge is 0.237 e. The molecule has 1 aliphatic heterocycles. The summed E-state index contributed by atoms with van der Waals surface area (Å²) in [5.41, 5.74) is -0.305. The Morgan fingerprint density at radius 1 is 1.08 bits per heavy atom. The Labute approximate surface area is 144 Å². The number of likely N-dealkylation sites (N-methyl/N-ethyl adjacent to an activating group) is 1. The second-order valence-electron chi connectivity index (χ2n) is 8.06. The Balaban J connectivity index is 1.90. The topological polar surface area (TPSA) is 86.8 Å². The molecule has 1 heterocycles. The van der Waals surface area contributed by atoms with E-state index in [2.05, 4.69) is 5.32 Å². The third kappa shape index (κ3) is 5.73. The summed E-state index contributed by atoms with van der Waals surface area (Å²) in [4.78, 5) is 28.1. The zero-order valence-electron chi connectivity index (χ0n) is 15.0. The summed E-state index contributed by atoms with van der Waals surface area (Å²) in [7, 11) is -1.29. The lowest BCUT2D eigenvalue weighted by atomic mass is 10.1. The summed E-state index contributed by atoms with van der Waals surface area (Å²) >= 11 is 0. The number of sulfone groups is 1. The van der Waals surface area contributed by atoms with Gasteiger partial charge in [0.1, 0.15) is 0 Å². The minimum Gasteiger partial charge on any atom is -0.350 e. The third-order valence-corrected chi connectivity index (χ3v) is 5.91. The molecule has 1 N–H and O–H groups in total. The minimum absolute atomic E-state index is 0.0729. The van der Waals surface area contributed by atoms with E-state index in [1.54, 1.807) is 16.8 Å².